The molecule has 7 nitrogen and oxygen atoms in total. The smallest absolute Gasteiger partial charge is 0.296 e. The second kappa shape index (κ2) is 8.73. The van der Waals surface area contributed by atoms with Gasteiger partial charge in [0.05, 0.1) is 22.6 Å². The number of para-hydroxylation sites is 2. The van der Waals surface area contributed by atoms with Gasteiger partial charge in [0.25, 0.3) is 11.7 Å². The third-order valence-corrected chi connectivity index (χ3v) is 4.94. The van der Waals surface area contributed by atoms with Gasteiger partial charge < -0.3 is 10.2 Å². The lowest BCUT2D eigenvalue weighted by atomic mass is 10.1. The van der Waals surface area contributed by atoms with Crippen LogP contribution in [0.5, 0.6) is 0 Å². The van der Waals surface area contributed by atoms with Gasteiger partial charge in [-0.15, -0.1) is 0 Å². The average molecular weight is 404 g/mol. The molecule has 2 aromatic carbocycles. The van der Waals surface area contributed by atoms with Crippen molar-refractivity contribution in [1.82, 2.24) is 14.7 Å². The number of Topliss-reactive ketones (excluding diaryl/α,β-unsaturated/α-hetero) is 1. The van der Waals surface area contributed by atoms with Gasteiger partial charge in [-0.1, -0.05) is 36.4 Å². The number of rotatable bonds is 6. The molecular formula is C23H24N4O3. The average Bonchev–Trinajstić information content (AvgIpc) is 3.03. The largest absolute Gasteiger partial charge is 0.342 e. The summed E-state index contributed by atoms with van der Waals surface area (Å²) in [7, 11) is 1.68. The van der Waals surface area contributed by atoms with Crippen molar-refractivity contribution in [2.24, 2.45) is 0 Å². The Kier molecular flexibility index (Phi) is 6.11. The first kappa shape index (κ1) is 21.0. The molecule has 0 bridgehead atoms. The minimum Gasteiger partial charge on any atom is -0.342 e. The number of ketones is 1. The van der Waals surface area contributed by atoms with E-state index >= 15 is 0 Å². The highest BCUT2D eigenvalue weighted by Gasteiger charge is 2.25. The SMILES string of the molecule is CC(=O)N(C)Cc1ccccc1NC(=O)C(=O)c1c(C)nn(-c2ccccc2)c1C. The van der Waals surface area contributed by atoms with Crippen LogP contribution in [-0.4, -0.2) is 39.3 Å². The number of aryl methyl sites for hydroxylation is 1. The second-order valence-electron chi connectivity index (χ2n) is 7.11. The molecule has 2 amide bonds. The molecule has 0 radical (unpaired) electrons. The summed E-state index contributed by atoms with van der Waals surface area (Å²) < 4.78 is 1.66. The molecule has 154 valence electrons. The third-order valence-electron chi connectivity index (χ3n) is 4.94. The van der Waals surface area contributed by atoms with Crippen molar-refractivity contribution in [3.05, 3.63) is 77.1 Å². The first-order chi connectivity index (χ1) is 14.3. The van der Waals surface area contributed by atoms with Gasteiger partial charge in [0.15, 0.2) is 0 Å². The van der Waals surface area contributed by atoms with Gasteiger partial charge in [-0.3, -0.25) is 14.4 Å². The van der Waals surface area contributed by atoms with Gasteiger partial charge in [0.1, 0.15) is 0 Å². The van der Waals surface area contributed by atoms with Crippen molar-refractivity contribution in [1.29, 1.82) is 0 Å². The van der Waals surface area contributed by atoms with Crippen molar-refractivity contribution in [2.45, 2.75) is 27.3 Å². The van der Waals surface area contributed by atoms with E-state index in [1.165, 1.54) is 11.8 Å². The molecule has 7 heteroatoms. The van der Waals surface area contributed by atoms with E-state index in [2.05, 4.69) is 10.4 Å². The Bertz CT molecular complexity index is 1100. The van der Waals surface area contributed by atoms with Gasteiger partial charge >= 0.3 is 0 Å². The second-order valence-corrected chi connectivity index (χ2v) is 7.11. The van der Waals surface area contributed by atoms with E-state index in [4.69, 9.17) is 0 Å². The zero-order valence-electron chi connectivity index (χ0n) is 17.5. The standard InChI is InChI=1S/C23H24N4O3/c1-15-21(16(2)27(25-15)19-11-6-5-7-12-19)22(29)23(30)24-20-13-9-8-10-18(20)14-26(4)17(3)28/h5-13H,14H2,1-4H3,(H,24,30). The predicted octanol–water partition coefficient (Wildman–Crippen LogP) is 3.29. The maximum Gasteiger partial charge on any atom is 0.296 e. The molecule has 0 unspecified atom stereocenters. The number of carbonyl (C=O) groups is 3. The van der Waals surface area contributed by atoms with Crippen molar-refractivity contribution < 1.29 is 14.4 Å². The quantitative estimate of drug-likeness (QED) is 0.505. The summed E-state index contributed by atoms with van der Waals surface area (Å²) in [6.07, 6.45) is 0. The fraction of sp³-hybridized carbons (Fsp3) is 0.217. The van der Waals surface area contributed by atoms with Gasteiger partial charge in [0.2, 0.25) is 5.91 Å². The van der Waals surface area contributed by atoms with Crippen LogP contribution in [0.2, 0.25) is 0 Å². The molecule has 0 atom stereocenters. The van der Waals surface area contributed by atoms with Gasteiger partial charge in [0, 0.05) is 26.2 Å². The molecule has 0 aliphatic rings. The Labute approximate surface area is 175 Å². The van der Waals surface area contributed by atoms with Crippen LogP contribution in [0.4, 0.5) is 5.69 Å². The van der Waals surface area contributed by atoms with E-state index in [0.29, 0.717) is 23.6 Å². The molecule has 1 heterocycles. The molecule has 0 spiro atoms. The van der Waals surface area contributed by atoms with Crippen LogP contribution in [0.25, 0.3) is 5.69 Å². The summed E-state index contributed by atoms with van der Waals surface area (Å²) in [5, 5.41) is 7.13. The predicted molar refractivity (Wildman–Crippen MR) is 115 cm³/mol. The highest BCUT2D eigenvalue weighted by Crippen LogP contribution is 2.21. The number of carbonyl (C=O) groups excluding carboxylic acids is 3. The summed E-state index contributed by atoms with van der Waals surface area (Å²) in [6.45, 7) is 5.27. The number of benzene rings is 2. The van der Waals surface area contributed by atoms with Crippen LogP contribution in [0.3, 0.4) is 0 Å². The Morgan fingerprint density at radius 1 is 1.00 bits per heavy atom. The number of nitrogens with zero attached hydrogens (tertiary/aromatic N) is 3. The normalized spacial score (nSPS) is 10.5. The molecule has 1 aromatic heterocycles. The lowest BCUT2D eigenvalue weighted by Crippen LogP contribution is -2.27. The van der Waals surface area contributed by atoms with E-state index in [9.17, 15) is 14.4 Å². The lowest BCUT2D eigenvalue weighted by Gasteiger charge is -2.17. The Morgan fingerprint density at radius 3 is 2.30 bits per heavy atom. The molecular weight excluding hydrogens is 380 g/mol. The van der Waals surface area contributed by atoms with E-state index in [1.54, 1.807) is 37.7 Å². The zero-order chi connectivity index (χ0) is 21.8. The van der Waals surface area contributed by atoms with Crippen LogP contribution in [0.15, 0.2) is 54.6 Å². The minimum atomic E-state index is -0.744. The van der Waals surface area contributed by atoms with Crippen LogP contribution in [-0.2, 0) is 16.1 Å². The van der Waals surface area contributed by atoms with Gasteiger partial charge in [-0.25, -0.2) is 4.68 Å². The fourth-order valence-electron chi connectivity index (χ4n) is 3.23. The molecule has 0 fully saturated rings. The molecule has 3 aromatic rings. The summed E-state index contributed by atoms with van der Waals surface area (Å²) in [4.78, 5) is 38.8. The summed E-state index contributed by atoms with van der Waals surface area (Å²) in [5.74, 6) is -1.49. The number of nitrogens with one attached hydrogen (secondary N) is 1. The van der Waals surface area contributed by atoms with Crippen LogP contribution < -0.4 is 5.32 Å². The number of anilines is 1. The van der Waals surface area contributed by atoms with Crippen molar-refractivity contribution in [3.8, 4) is 5.69 Å². The first-order valence-corrected chi connectivity index (χ1v) is 9.56. The van der Waals surface area contributed by atoms with Crippen LogP contribution in [0.1, 0.15) is 34.2 Å². The van der Waals surface area contributed by atoms with Crippen LogP contribution >= 0.6 is 0 Å². The Balaban J connectivity index is 1.85. The first-order valence-electron chi connectivity index (χ1n) is 9.56. The van der Waals surface area contributed by atoms with Gasteiger partial charge in [-0.05, 0) is 37.6 Å². The topological polar surface area (TPSA) is 84.3 Å². The number of aromatic nitrogens is 2. The van der Waals surface area contributed by atoms with Crippen molar-refractivity contribution in [3.63, 3.8) is 0 Å². The van der Waals surface area contributed by atoms with E-state index in [0.717, 1.165) is 11.3 Å². The van der Waals surface area contributed by atoms with E-state index in [-0.39, 0.29) is 11.5 Å². The molecule has 0 saturated carbocycles. The summed E-state index contributed by atoms with van der Waals surface area (Å²) in [6, 6.07) is 16.5. The Morgan fingerprint density at radius 2 is 1.63 bits per heavy atom. The van der Waals surface area contributed by atoms with E-state index < -0.39 is 11.7 Å². The Hall–Kier alpha value is -3.74. The molecule has 30 heavy (non-hydrogen) atoms. The molecule has 0 aliphatic heterocycles. The summed E-state index contributed by atoms with van der Waals surface area (Å²) in [5.41, 5.74) is 3.42. The minimum absolute atomic E-state index is 0.0909. The maximum atomic E-state index is 12.9. The number of hydrogen-bond acceptors (Lipinski definition) is 4. The monoisotopic (exact) mass is 404 g/mol. The van der Waals surface area contributed by atoms with Gasteiger partial charge in [-0.2, -0.15) is 5.10 Å². The fourth-order valence-corrected chi connectivity index (χ4v) is 3.23. The molecule has 0 saturated heterocycles. The van der Waals surface area contributed by atoms with E-state index in [1.807, 2.05) is 42.5 Å². The highest BCUT2D eigenvalue weighted by atomic mass is 16.2. The molecule has 3 rings (SSSR count). The molecule has 0 aliphatic carbocycles. The lowest BCUT2D eigenvalue weighted by molar-refractivity contribution is -0.128. The zero-order valence-corrected chi connectivity index (χ0v) is 17.5. The third kappa shape index (κ3) is 4.30. The number of hydrogen-bond donors (Lipinski definition) is 1. The highest BCUT2D eigenvalue weighted by molar-refractivity contribution is 6.47. The van der Waals surface area contributed by atoms with Crippen molar-refractivity contribution >= 4 is 23.3 Å². The number of amides is 2. The van der Waals surface area contributed by atoms with Crippen LogP contribution in [0, 0.1) is 13.8 Å². The maximum absolute atomic E-state index is 12.9. The molecule has 1 N–H and O–H groups in total. The van der Waals surface area contributed by atoms with Crippen molar-refractivity contribution in [2.75, 3.05) is 12.4 Å². The summed E-state index contributed by atoms with van der Waals surface area (Å²) >= 11 is 0.